The Labute approximate surface area is 200 Å². The second kappa shape index (κ2) is 10.1. The number of nitrogens with one attached hydrogen (secondary N) is 1. The minimum absolute atomic E-state index is 0.0203. The minimum Gasteiger partial charge on any atom is -0.452 e. The van der Waals surface area contributed by atoms with Gasteiger partial charge in [-0.25, -0.2) is 4.79 Å². The van der Waals surface area contributed by atoms with Crippen molar-refractivity contribution in [3.05, 3.63) is 60.2 Å². The van der Waals surface area contributed by atoms with Gasteiger partial charge in [-0.05, 0) is 40.5 Å². The van der Waals surface area contributed by atoms with E-state index in [4.69, 9.17) is 9.47 Å². The Balaban J connectivity index is 1.27. The highest BCUT2D eigenvalue weighted by atomic mass is 16.5. The first-order valence-electron chi connectivity index (χ1n) is 12.3. The van der Waals surface area contributed by atoms with Gasteiger partial charge in [0.1, 0.15) is 0 Å². The number of morpholine rings is 1. The molecule has 1 aliphatic carbocycles. The Bertz CT molecular complexity index is 1130. The molecule has 5 rings (SSSR count). The van der Waals surface area contributed by atoms with Gasteiger partial charge in [-0.15, -0.1) is 0 Å². The fourth-order valence-corrected chi connectivity index (χ4v) is 5.60. The van der Waals surface area contributed by atoms with E-state index in [9.17, 15) is 9.59 Å². The van der Waals surface area contributed by atoms with Gasteiger partial charge in [0, 0.05) is 25.2 Å². The molecule has 1 aliphatic heterocycles. The van der Waals surface area contributed by atoms with Crippen LogP contribution in [0.4, 0.5) is 0 Å². The summed E-state index contributed by atoms with van der Waals surface area (Å²) in [6.07, 6.45) is 5.76. The maximum atomic E-state index is 13.2. The van der Waals surface area contributed by atoms with E-state index in [1.54, 1.807) is 0 Å². The highest BCUT2D eigenvalue weighted by Crippen LogP contribution is 2.34. The van der Waals surface area contributed by atoms with Crippen LogP contribution in [0.3, 0.4) is 0 Å². The van der Waals surface area contributed by atoms with E-state index < -0.39 is 5.97 Å². The summed E-state index contributed by atoms with van der Waals surface area (Å²) in [6.45, 7) is 3.59. The predicted molar refractivity (Wildman–Crippen MR) is 133 cm³/mol. The van der Waals surface area contributed by atoms with E-state index in [1.807, 2.05) is 48.5 Å². The number of nitrogens with zero attached hydrogens (tertiary/aromatic N) is 1. The van der Waals surface area contributed by atoms with Crippen LogP contribution in [0.25, 0.3) is 21.5 Å². The predicted octanol–water partition coefficient (Wildman–Crippen LogP) is 4.30. The zero-order valence-electron chi connectivity index (χ0n) is 19.6. The van der Waals surface area contributed by atoms with Crippen molar-refractivity contribution in [1.29, 1.82) is 0 Å². The Hall–Kier alpha value is -2.96. The van der Waals surface area contributed by atoms with Crippen LogP contribution < -0.4 is 5.32 Å². The number of benzene rings is 3. The van der Waals surface area contributed by atoms with E-state index >= 15 is 0 Å². The first kappa shape index (κ1) is 22.8. The molecule has 0 bridgehead atoms. The Morgan fingerprint density at radius 3 is 2.18 bits per heavy atom. The number of esters is 1. The summed E-state index contributed by atoms with van der Waals surface area (Å²) in [6, 6.07) is 17.6. The highest BCUT2D eigenvalue weighted by molar-refractivity contribution is 6.16. The molecule has 1 saturated heterocycles. The zero-order chi connectivity index (χ0) is 23.4. The maximum absolute atomic E-state index is 13.2. The zero-order valence-corrected chi connectivity index (χ0v) is 19.6. The lowest BCUT2D eigenvalue weighted by Crippen LogP contribution is -2.59. The van der Waals surface area contributed by atoms with Crippen LogP contribution >= 0.6 is 0 Å². The number of hydrogen-bond acceptors (Lipinski definition) is 5. The van der Waals surface area contributed by atoms with E-state index in [0.717, 1.165) is 60.7 Å². The number of ether oxygens (including phenoxy) is 2. The first-order chi connectivity index (χ1) is 16.7. The normalized spacial score (nSPS) is 18.6. The van der Waals surface area contributed by atoms with Gasteiger partial charge in [0.25, 0.3) is 5.91 Å². The van der Waals surface area contributed by atoms with Crippen LogP contribution in [0, 0.1) is 0 Å². The van der Waals surface area contributed by atoms with Gasteiger partial charge in [0.05, 0.1) is 18.8 Å². The summed E-state index contributed by atoms with van der Waals surface area (Å²) < 4.78 is 11.1. The molecular weight excluding hydrogens is 428 g/mol. The molecule has 1 heterocycles. The third-order valence-electron chi connectivity index (χ3n) is 7.39. The van der Waals surface area contributed by atoms with Crippen molar-refractivity contribution in [3.63, 3.8) is 0 Å². The number of hydrogen-bond donors (Lipinski definition) is 1. The molecule has 0 atom stereocenters. The lowest BCUT2D eigenvalue weighted by Gasteiger charge is -2.48. The summed E-state index contributed by atoms with van der Waals surface area (Å²) >= 11 is 0. The fourth-order valence-electron chi connectivity index (χ4n) is 5.60. The van der Waals surface area contributed by atoms with Crippen molar-refractivity contribution >= 4 is 33.4 Å². The topological polar surface area (TPSA) is 67.9 Å². The monoisotopic (exact) mass is 460 g/mol. The molecule has 1 saturated carbocycles. The van der Waals surface area contributed by atoms with Crippen LogP contribution in [0.15, 0.2) is 54.6 Å². The number of rotatable bonds is 6. The summed E-state index contributed by atoms with van der Waals surface area (Å²) in [5.41, 5.74) is 0.492. The van der Waals surface area contributed by atoms with E-state index in [0.29, 0.717) is 12.1 Å². The number of carbonyl (C=O) groups excluding carboxylic acids is 2. The Morgan fingerprint density at radius 1 is 0.912 bits per heavy atom. The standard InChI is InChI=1S/C28H32N2O4/c31-25(29-20-28(12-6-1-7-13-28)30-14-16-33-17-15-30)19-34-27(32)26-23-10-4-2-8-21(23)18-22-9-3-5-11-24(22)26/h2-5,8-11,18H,1,6-7,12-17,19-20H2,(H,29,31). The third kappa shape index (κ3) is 4.65. The average molecular weight is 461 g/mol. The molecule has 34 heavy (non-hydrogen) atoms. The van der Waals surface area contributed by atoms with Gasteiger partial charge in [0.2, 0.25) is 0 Å². The van der Waals surface area contributed by atoms with Gasteiger partial charge >= 0.3 is 5.97 Å². The molecule has 3 aromatic carbocycles. The van der Waals surface area contributed by atoms with Gasteiger partial charge in [-0.1, -0.05) is 67.8 Å². The maximum Gasteiger partial charge on any atom is 0.339 e. The number of fused-ring (bicyclic) bond motifs is 2. The van der Waals surface area contributed by atoms with Crippen LogP contribution in [0.5, 0.6) is 0 Å². The van der Waals surface area contributed by atoms with Crippen molar-refractivity contribution in [3.8, 4) is 0 Å². The quantitative estimate of drug-likeness (QED) is 0.439. The molecule has 6 heteroatoms. The van der Waals surface area contributed by atoms with Crippen LogP contribution in [0.2, 0.25) is 0 Å². The second-order valence-electron chi connectivity index (χ2n) is 9.43. The molecule has 1 amide bonds. The van der Waals surface area contributed by atoms with Crippen LogP contribution in [-0.4, -0.2) is 61.8 Å². The molecule has 2 fully saturated rings. The summed E-state index contributed by atoms with van der Waals surface area (Å²) in [7, 11) is 0. The van der Waals surface area contributed by atoms with Crippen molar-refractivity contribution < 1.29 is 19.1 Å². The van der Waals surface area contributed by atoms with E-state index in [2.05, 4.69) is 16.3 Å². The molecule has 0 spiro atoms. The van der Waals surface area contributed by atoms with Crippen LogP contribution in [0.1, 0.15) is 42.5 Å². The summed E-state index contributed by atoms with van der Waals surface area (Å²) in [5.74, 6) is -0.722. The molecule has 3 aromatic rings. The largest absolute Gasteiger partial charge is 0.452 e. The van der Waals surface area contributed by atoms with Gasteiger partial charge in [-0.3, -0.25) is 9.69 Å². The molecular formula is C28H32N2O4. The fraction of sp³-hybridized carbons (Fsp3) is 0.429. The molecule has 0 aromatic heterocycles. The number of amides is 1. The second-order valence-corrected chi connectivity index (χ2v) is 9.43. The third-order valence-corrected chi connectivity index (χ3v) is 7.39. The molecule has 6 nitrogen and oxygen atoms in total. The van der Waals surface area contributed by atoms with Crippen molar-refractivity contribution in [2.24, 2.45) is 0 Å². The minimum atomic E-state index is -0.469. The van der Waals surface area contributed by atoms with E-state index in [1.165, 1.54) is 19.3 Å². The van der Waals surface area contributed by atoms with Crippen molar-refractivity contribution in [1.82, 2.24) is 10.2 Å². The van der Waals surface area contributed by atoms with Crippen LogP contribution in [-0.2, 0) is 14.3 Å². The molecule has 2 aliphatic rings. The smallest absolute Gasteiger partial charge is 0.339 e. The van der Waals surface area contributed by atoms with Gasteiger partial charge < -0.3 is 14.8 Å². The Kier molecular flexibility index (Phi) is 6.79. The lowest BCUT2D eigenvalue weighted by atomic mass is 9.79. The van der Waals surface area contributed by atoms with Gasteiger partial charge in [0.15, 0.2) is 6.61 Å². The SMILES string of the molecule is O=C(COC(=O)c1c2ccccc2cc2ccccc12)NCC1(N2CCOCC2)CCCCC1. The molecule has 1 N–H and O–H groups in total. The molecule has 0 unspecified atom stereocenters. The van der Waals surface area contributed by atoms with Gasteiger partial charge in [-0.2, -0.15) is 0 Å². The first-order valence-corrected chi connectivity index (χ1v) is 12.3. The van der Waals surface area contributed by atoms with E-state index in [-0.39, 0.29) is 18.1 Å². The average Bonchev–Trinajstić information content (AvgIpc) is 2.90. The molecule has 178 valence electrons. The lowest BCUT2D eigenvalue weighted by molar-refractivity contribution is -0.125. The van der Waals surface area contributed by atoms with Crippen molar-refractivity contribution in [2.45, 2.75) is 37.6 Å². The summed E-state index contributed by atoms with van der Waals surface area (Å²) in [4.78, 5) is 28.4. The highest BCUT2D eigenvalue weighted by Gasteiger charge is 2.38. The Morgan fingerprint density at radius 2 is 1.53 bits per heavy atom. The molecule has 0 radical (unpaired) electrons. The number of carbonyl (C=O) groups is 2. The van der Waals surface area contributed by atoms with Crippen molar-refractivity contribution in [2.75, 3.05) is 39.5 Å². The summed E-state index contributed by atoms with van der Waals surface area (Å²) in [5, 5.41) is 6.69.